The SMILES string of the molecule is Cc1ccc(N2CCC(CN)(CN)CC2)cc1C. The number of nitrogens with zero attached hydrogens (tertiary/aromatic N) is 1. The molecule has 0 amide bonds. The van der Waals surface area contributed by atoms with Gasteiger partial charge in [-0.2, -0.15) is 0 Å². The number of anilines is 1. The van der Waals surface area contributed by atoms with Gasteiger partial charge in [-0.15, -0.1) is 0 Å². The van der Waals surface area contributed by atoms with Gasteiger partial charge in [0.2, 0.25) is 0 Å². The predicted octanol–water partition coefficient (Wildman–Crippen LogP) is 1.81. The minimum absolute atomic E-state index is 0.177. The van der Waals surface area contributed by atoms with Crippen LogP contribution < -0.4 is 16.4 Å². The maximum Gasteiger partial charge on any atom is 0.0369 e. The summed E-state index contributed by atoms with van der Waals surface area (Å²) >= 11 is 0. The lowest BCUT2D eigenvalue weighted by atomic mass is 9.78. The topological polar surface area (TPSA) is 55.3 Å². The zero-order chi connectivity index (χ0) is 13.2. The molecule has 0 unspecified atom stereocenters. The molecule has 4 N–H and O–H groups in total. The van der Waals surface area contributed by atoms with Crippen molar-refractivity contribution in [1.82, 2.24) is 0 Å². The highest BCUT2D eigenvalue weighted by Crippen LogP contribution is 2.32. The van der Waals surface area contributed by atoms with Gasteiger partial charge in [0.15, 0.2) is 0 Å². The smallest absolute Gasteiger partial charge is 0.0369 e. The molecule has 1 aliphatic heterocycles. The van der Waals surface area contributed by atoms with E-state index < -0.39 is 0 Å². The zero-order valence-electron chi connectivity index (χ0n) is 11.6. The van der Waals surface area contributed by atoms with Crippen LogP contribution >= 0.6 is 0 Å². The summed E-state index contributed by atoms with van der Waals surface area (Å²) in [6.45, 7) is 7.89. The Kier molecular flexibility index (Phi) is 3.93. The van der Waals surface area contributed by atoms with E-state index >= 15 is 0 Å². The third-order valence-electron chi connectivity index (χ3n) is 4.55. The van der Waals surface area contributed by atoms with Crippen LogP contribution in [0.15, 0.2) is 18.2 Å². The molecule has 0 radical (unpaired) electrons. The molecule has 1 aromatic carbocycles. The van der Waals surface area contributed by atoms with Crippen molar-refractivity contribution in [2.24, 2.45) is 16.9 Å². The second-order valence-electron chi connectivity index (χ2n) is 5.66. The number of benzene rings is 1. The molecule has 0 spiro atoms. The second-order valence-corrected chi connectivity index (χ2v) is 5.66. The summed E-state index contributed by atoms with van der Waals surface area (Å²) in [5, 5.41) is 0. The normalized spacial score (nSPS) is 19.0. The summed E-state index contributed by atoms with van der Waals surface area (Å²) < 4.78 is 0. The molecular formula is C15H25N3. The Morgan fingerprint density at radius 3 is 2.17 bits per heavy atom. The Bertz CT molecular complexity index is 400. The van der Waals surface area contributed by atoms with Gasteiger partial charge >= 0.3 is 0 Å². The van der Waals surface area contributed by atoms with Gasteiger partial charge in [-0.1, -0.05) is 6.07 Å². The Morgan fingerprint density at radius 2 is 1.67 bits per heavy atom. The van der Waals surface area contributed by atoms with Crippen LogP contribution in [0.2, 0.25) is 0 Å². The standard InChI is InChI=1S/C15H25N3/c1-12-3-4-14(9-13(12)2)18-7-5-15(10-16,11-17)6-8-18/h3-4,9H,5-8,10-11,16-17H2,1-2H3. The van der Waals surface area contributed by atoms with Crippen LogP contribution in [0, 0.1) is 19.3 Å². The van der Waals surface area contributed by atoms with E-state index in [2.05, 4.69) is 36.9 Å². The Labute approximate surface area is 110 Å². The van der Waals surface area contributed by atoms with Crippen molar-refractivity contribution in [1.29, 1.82) is 0 Å². The van der Waals surface area contributed by atoms with E-state index in [1.54, 1.807) is 0 Å². The molecule has 3 heteroatoms. The lowest BCUT2D eigenvalue weighted by Crippen LogP contribution is -2.47. The first-order valence-electron chi connectivity index (χ1n) is 6.82. The van der Waals surface area contributed by atoms with Crippen LogP contribution in [0.5, 0.6) is 0 Å². The monoisotopic (exact) mass is 247 g/mol. The highest BCUT2D eigenvalue weighted by Gasteiger charge is 2.32. The molecule has 1 aromatic rings. The van der Waals surface area contributed by atoms with E-state index in [9.17, 15) is 0 Å². The van der Waals surface area contributed by atoms with Crippen molar-refractivity contribution in [2.45, 2.75) is 26.7 Å². The summed E-state index contributed by atoms with van der Waals surface area (Å²) in [6.07, 6.45) is 2.21. The average molecular weight is 247 g/mol. The summed E-state index contributed by atoms with van der Waals surface area (Å²) in [5.74, 6) is 0. The molecule has 0 saturated carbocycles. The molecule has 100 valence electrons. The quantitative estimate of drug-likeness (QED) is 0.856. The maximum absolute atomic E-state index is 5.88. The first-order chi connectivity index (χ1) is 8.60. The molecule has 1 heterocycles. The third-order valence-corrected chi connectivity index (χ3v) is 4.55. The van der Waals surface area contributed by atoms with Crippen molar-refractivity contribution in [2.75, 3.05) is 31.1 Å². The highest BCUT2D eigenvalue weighted by molar-refractivity contribution is 5.51. The fourth-order valence-corrected chi connectivity index (χ4v) is 2.65. The molecule has 3 nitrogen and oxygen atoms in total. The largest absolute Gasteiger partial charge is 0.371 e. The number of hydrogen-bond donors (Lipinski definition) is 2. The number of aryl methyl sites for hydroxylation is 2. The minimum Gasteiger partial charge on any atom is -0.371 e. The van der Waals surface area contributed by atoms with Gasteiger partial charge in [0.05, 0.1) is 0 Å². The molecule has 0 aliphatic carbocycles. The fourth-order valence-electron chi connectivity index (χ4n) is 2.65. The van der Waals surface area contributed by atoms with E-state index in [4.69, 9.17) is 11.5 Å². The van der Waals surface area contributed by atoms with Crippen molar-refractivity contribution in [3.8, 4) is 0 Å². The second kappa shape index (κ2) is 5.29. The van der Waals surface area contributed by atoms with Gasteiger partial charge in [0.25, 0.3) is 0 Å². The number of rotatable bonds is 3. The Hall–Kier alpha value is -1.06. The lowest BCUT2D eigenvalue weighted by Gasteiger charge is -2.41. The first kappa shape index (κ1) is 13.4. The van der Waals surface area contributed by atoms with Gasteiger partial charge in [-0.05, 0) is 68.5 Å². The van der Waals surface area contributed by atoms with E-state index in [1.165, 1.54) is 16.8 Å². The Balaban J connectivity index is 2.07. The molecule has 0 atom stereocenters. The Morgan fingerprint density at radius 1 is 1.06 bits per heavy atom. The molecular weight excluding hydrogens is 222 g/mol. The van der Waals surface area contributed by atoms with E-state index in [-0.39, 0.29) is 5.41 Å². The highest BCUT2D eigenvalue weighted by atomic mass is 15.1. The summed E-state index contributed by atoms with van der Waals surface area (Å²) in [5.41, 5.74) is 16.0. The molecule has 0 aromatic heterocycles. The van der Waals surface area contributed by atoms with Gasteiger partial charge in [-0.3, -0.25) is 0 Å². The van der Waals surface area contributed by atoms with Gasteiger partial charge in [-0.25, -0.2) is 0 Å². The van der Waals surface area contributed by atoms with Crippen LogP contribution in [-0.2, 0) is 0 Å². The van der Waals surface area contributed by atoms with Crippen molar-refractivity contribution < 1.29 is 0 Å². The molecule has 1 fully saturated rings. The lowest BCUT2D eigenvalue weighted by molar-refractivity contribution is 0.238. The molecule has 1 aliphatic rings. The van der Waals surface area contributed by atoms with Crippen LogP contribution in [0.1, 0.15) is 24.0 Å². The summed E-state index contributed by atoms with van der Waals surface area (Å²) in [6, 6.07) is 6.71. The number of hydrogen-bond acceptors (Lipinski definition) is 3. The van der Waals surface area contributed by atoms with Crippen molar-refractivity contribution in [3.63, 3.8) is 0 Å². The van der Waals surface area contributed by atoms with E-state index in [1.807, 2.05) is 0 Å². The number of nitrogens with two attached hydrogens (primary N) is 2. The maximum atomic E-state index is 5.88. The van der Waals surface area contributed by atoms with Gasteiger partial charge < -0.3 is 16.4 Å². The van der Waals surface area contributed by atoms with Gasteiger partial charge in [0, 0.05) is 18.8 Å². The summed E-state index contributed by atoms with van der Waals surface area (Å²) in [7, 11) is 0. The van der Waals surface area contributed by atoms with E-state index in [0.717, 1.165) is 25.9 Å². The van der Waals surface area contributed by atoms with Crippen molar-refractivity contribution in [3.05, 3.63) is 29.3 Å². The number of piperidine rings is 1. The first-order valence-corrected chi connectivity index (χ1v) is 6.82. The van der Waals surface area contributed by atoms with Crippen LogP contribution in [0.25, 0.3) is 0 Å². The van der Waals surface area contributed by atoms with Crippen LogP contribution in [-0.4, -0.2) is 26.2 Å². The fraction of sp³-hybridized carbons (Fsp3) is 0.600. The molecule has 1 saturated heterocycles. The average Bonchev–Trinajstić information content (AvgIpc) is 2.42. The molecule has 2 rings (SSSR count). The molecule has 18 heavy (non-hydrogen) atoms. The van der Waals surface area contributed by atoms with Crippen LogP contribution in [0.4, 0.5) is 5.69 Å². The van der Waals surface area contributed by atoms with Crippen LogP contribution in [0.3, 0.4) is 0 Å². The van der Waals surface area contributed by atoms with Gasteiger partial charge in [0.1, 0.15) is 0 Å². The summed E-state index contributed by atoms with van der Waals surface area (Å²) in [4.78, 5) is 2.45. The van der Waals surface area contributed by atoms with Crippen molar-refractivity contribution >= 4 is 5.69 Å². The predicted molar refractivity (Wildman–Crippen MR) is 77.9 cm³/mol. The minimum atomic E-state index is 0.177. The van der Waals surface area contributed by atoms with E-state index in [0.29, 0.717) is 13.1 Å². The third kappa shape index (κ3) is 2.52. The molecule has 0 bridgehead atoms. The zero-order valence-corrected chi connectivity index (χ0v) is 11.6.